The number of anilines is 1. The third kappa shape index (κ3) is 7.32. The molecule has 0 bridgehead atoms. The van der Waals surface area contributed by atoms with E-state index in [0.29, 0.717) is 26.3 Å². The summed E-state index contributed by atoms with van der Waals surface area (Å²) < 4.78 is 26.9. The molecular weight excluding hydrogens is 502 g/mol. The molecular formula is C25H29N3O10. The summed E-state index contributed by atoms with van der Waals surface area (Å²) >= 11 is 0. The Bertz CT molecular complexity index is 1180. The largest absolute Gasteiger partial charge is 0.495 e. The number of rotatable bonds is 11. The molecule has 1 heterocycles. The smallest absolute Gasteiger partial charge is 0.339 e. The van der Waals surface area contributed by atoms with Crippen LogP contribution in [0, 0.1) is 10.1 Å². The highest BCUT2D eigenvalue weighted by molar-refractivity contribution is 5.98. The van der Waals surface area contributed by atoms with Gasteiger partial charge >= 0.3 is 5.97 Å². The van der Waals surface area contributed by atoms with Gasteiger partial charge < -0.3 is 33.9 Å². The van der Waals surface area contributed by atoms with Gasteiger partial charge in [-0.25, -0.2) is 4.79 Å². The highest BCUT2D eigenvalue weighted by atomic mass is 16.6. The topological polar surface area (TPSA) is 156 Å². The van der Waals surface area contributed by atoms with Crippen LogP contribution in [0.15, 0.2) is 36.4 Å². The standard InChI is InChI=1S/C25H29N3O10/c1-4-36-22-13-17(5-7-21(22)37-15-23(29)27-9-11-35-12-10-27)25(31)38-16(2)24(30)26-19-14-18(28(32)33)6-8-20(19)34-3/h5-8,13-14,16H,4,9-12,15H2,1-3H3,(H,26,30). The Kier molecular flexibility index (Phi) is 9.82. The van der Waals surface area contributed by atoms with Crippen molar-refractivity contribution >= 4 is 29.2 Å². The van der Waals surface area contributed by atoms with Gasteiger partial charge in [-0.2, -0.15) is 0 Å². The molecule has 0 aromatic heterocycles. The Morgan fingerprint density at radius 3 is 2.45 bits per heavy atom. The first-order valence-corrected chi connectivity index (χ1v) is 11.8. The molecule has 0 saturated carbocycles. The number of carbonyl (C=O) groups is 3. The number of nitro groups is 1. The molecule has 0 radical (unpaired) electrons. The number of hydrogen-bond donors (Lipinski definition) is 1. The van der Waals surface area contributed by atoms with E-state index in [1.165, 1.54) is 44.4 Å². The van der Waals surface area contributed by atoms with Crippen LogP contribution in [-0.4, -0.2) is 80.3 Å². The van der Waals surface area contributed by atoms with Crippen molar-refractivity contribution in [3.63, 3.8) is 0 Å². The number of esters is 1. The zero-order valence-electron chi connectivity index (χ0n) is 21.3. The van der Waals surface area contributed by atoms with Gasteiger partial charge in [-0.1, -0.05) is 0 Å². The van der Waals surface area contributed by atoms with E-state index in [9.17, 15) is 24.5 Å². The molecule has 13 heteroatoms. The highest BCUT2D eigenvalue weighted by Crippen LogP contribution is 2.30. The van der Waals surface area contributed by atoms with Gasteiger partial charge in [0, 0.05) is 25.2 Å². The van der Waals surface area contributed by atoms with Gasteiger partial charge in [0.05, 0.1) is 43.1 Å². The highest BCUT2D eigenvalue weighted by Gasteiger charge is 2.23. The zero-order valence-corrected chi connectivity index (χ0v) is 21.3. The molecule has 1 atom stereocenters. The number of nitrogens with one attached hydrogen (secondary N) is 1. The Morgan fingerprint density at radius 1 is 1.08 bits per heavy atom. The number of nitrogens with zero attached hydrogens (tertiary/aromatic N) is 2. The molecule has 2 amide bonds. The van der Waals surface area contributed by atoms with E-state index in [0.717, 1.165) is 6.07 Å². The molecule has 204 valence electrons. The Labute approximate surface area is 218 Å². The van der Waals surface area contributed by atoms with Crippen molar-refractivity contribution in [3.8, 4) is 17.2 Å². The molecule has 1 aliphatic heterocycles. The van der Waals surface area contributed by atoms with E-state index >= 15 is 0 Å². The van der Waals surface area contributed by atoms with E-state index in [2.05, 4.69) is 5.32 Å². The number of benzene rings is 2. The van der Waals surface area contributed by atoms with Crippen molar-refractivity contribution in [3.05, 3.63) is 52.1 Å². The average molecular weight is 532 g/mol. The van der Waals surface area contributed by atoms with Crippen LogP contribution in [0.3, 0.4) is 0 Å². The van der Waals surface area contributed by atoms with Crippen LogP contribution in [-0.2, 0) is 19.1 Å². The fourth-order valence-electron chi connectivity index (χ4n) is 3.49. The van der Waals surface area contributed by atoms with Crippen LogP contribution in [0.5, 0.6) is 17.2 Å². The van der Waals surface area contributed by atoms with Crippen molar-refractivity contribution in [2.24, 2.45) is 0 Å². The van der Waals surface area contributed by atoms with Crippen molar-refractivity contribution in [1.82, 2.24) is 4.90 Å². The van der Waals surface area contributed by atoms with Gasteiger partial charge in [-0.15, -0.1) is 0 Å². The second kappa shape index (κ2) is 13.2. The van der Waals surface area contributed by atoms with Crippen LogP contribution in [0.25, 0.3) is 0 Å². The fourth-order valence-corrected chi connectivity index (χ4v) is 3.49. The Balaban J connectivity index is 1.64. The van der Waals surface area contributed by atoms with E-state index in [-0.39, 0.29) is 53.3 Å². The molecule has 0 aliphatic carbocycles. The molecule has 1 aliphatic rings. The number of carbonyl (C=O) groups excluding carboxylic acids is 3. The fraction of sp³-hybridized carbons (Fsp3) is 0.400. The van der Waals surface area contributed by atoms with Gasteiger partial charge in [-0.3, -0.25) is 19.7 Å². The maximum absolute atomic E-state index is 12.7. The van der Waals surface area contributed by atoms with Gasteiger partial charge in [0.2, 0.25) is 0 Å². The van der Waals surface area contributed by atoms with E-state index in [1.807, 2.05) is 0 Å². The monoisotopic (exact) mass is 531 g/mol. The molecule has 13 nitrogen and oxygen atoms in total. The number of methoxy groups -OCH3 is 1. The number of hydrogen-bond acceptors (Lipinski definition) is 10. The van der Waals surface area contributed by atoms with E-state index in [4.69, 9.17) is 23.7 Å². The van der Waals surface area contributed by atoms with Crippen molar-refractivity contribution in [2.45, 2.75) is 20.0 Å². The lowest BCUT2D eigenvalue weighted by Gasteiger charge is -2.26. The lowest BCUT2D eigenvalue weighted by molar-refractivity contribution is -0.384. The minimum atomic E-state index is -1.25. The normalized spacial score (nSPS) is 13.7. The molecule has 2 aromatic carbocycles. The summed E-state index contributed by atoms with van der Waals surface area (Å²) in [6, 6.07) is 8.02. The summed E-state index contributed by atoms with van der Waals surface area (Å²) in [7, 11) is 1.35. The average Bonchev–Trinajstić information content (AvgIpc) is 2.92. The van der Waals surface area contributed by atoms with Gasteiger partial charge in [0.15, 0.2) is 24.2 Å². The van der Waals surface area contributed by atoms with Crippen molar-refractivity contribution < 1.29 is 43.0 Å². The molecule has 0 spiro atoms. The number of amides is 2. The summed E-state index contributed by atoms with van der Waals surface area (Å²) in [5, 5.41) is 13.5. The molecule has 1 saturated heterocycles. The minimum Gasteiger partial charge on any atom is -0.495 e. The molecule has 38 heavy (non-hydrogen) atoms. The predicted octanol–water partition coefficient (Wildman–Crippen LogP) is 2.42. The van der Waals surface area contributed by atoms with Gasteiger partial charge in [-0.05, 0) is 38.1 Å². The maximum atomic E-state index is 12.7. The minimum absolute atomic E-state index is 0.0568. The summed E-state index contributed by atoms with van der Waals surface area (Å²) in [6.07, 6.45) is -1.25. The van der Waals surface area contributed by atoms with Crippen molar-refractivity contribution in [2.75, 3.05) is 51.9 Å². The maximum Gasteiger partial charge on any atom is 0.339 e. The number of nitro benzene ring substituents is 1. The first kappa shape index (κ1) is 28.2. The van der Waals surface area contributed by atoms with Crippen LogP contribution in [0.1, 0.15) is 24.2 Å². The summed E-state index contributed by atoms with van der Waals surface area (Å²) in [4.78, 5) is 49.8. The SMILES string of the molecule is CCOc1cc(C(=O)OC(C)C(=O)Nc2cc([N+](=O)[O-])ccc2OC)ccc1OCC(=O)N1CCOCC1. The molecule has 2 aromatic rings. The Morgan fingerprint density at radius 2 is 1.79 bits per heavy atom. The first-order chi connectivity index (χ1) is 18.2. The van der Waals surface area contributed by atoms with Gasteiger partial charge in [0.25, 0.3) is 17.5 Å². The third-order valence-electron chi connectivity index (χ3n) is 5.50. The zero-order chi connectivity index (χ0) is 27.7. The molecule has 1 N–H and O–H groups in total. The van der Waals surface area contributed by atoms with Crippen molar-refractivity contribution in [1.29, 1.82) is 0 Å². The lowest BCUT2D eigenvalue weighted by Crippen LogP contribution is -2.43. The van der Waals surface area contributed by atoms with Crippen LogP contribution in [0.4, 0.5) is 11.4 Å². The summed E-state index contributed by atoms with van der Waals surface area (Å²) in [5.41, 5.74) is -0.0996. The molecule has 1 fully saturated rings. The second-order valence-corrected chi connectivity index (χ2v) is 8.05. The summed E-state index contributed by atoms with van der Waals surface area (Å²) in [6.45, 7) is 5.11. The predicted molar refractivity (Wildman–Crippen MR) is 134 cm³/mol. The quantitative estimate of drug-likeness (QED) is 0.259. The third-order valence-corrected chi connectivity index (χ3v) is 5.50. The van der Waals surface area contributed by atoms with Crippen LogP contribution in [0.2, 0.25) is 0 Å². The Hall–Kier alpha value is -4.39. The van der Waals surface area contributed by atoms with Crippen LogP contribution >= 0.6 is 0 Å². The van der Waals surface area contributed by atoms with E-state index in [1.54, 1.807) is 11.8 Å². The molecule has 1 unspecified atom stereocenters. The second-order valence-electron chi connectivity index (χ2n) is 8.05. The molecule has 3 rings (SSSR count). The van der Waals surface area contributed by atoms with E-state index < -0.39 is 22.9 Å². The lowest BCUT2D eigenvalue weighted by atomic mass is 10.2. The number of ether oxygens (including phenoxy) is 5. The number of morpholine rings is 1. The first-order valence-electron chi connectivity index (χ1n) is 11.8. The van der Waals surface area contributed by atoms with Crippen LogP contribution < -0.4 is 19.5 Å². The number of non-ortho nitro benzene ring substituents is 1. The van der Waals surface area contributed by atoms with Gasteiger partial charge in [0.1, 0.15) is 5.75 Å². The summed E-state index contributed by atoms with van der Waals surface area (Å²) in [5.74, 6) is -1.02.